The van der Waals surface area contributed by atoms with Gasteiger partial charge < -0.3 is 16.0 Å². The van der Waals surface area contributed by atoms with Gasteiger partial charge in [-0.25, -0.2) is 0 Å². The van der Waals surface area contributed by atoms with Crippen molar-refractivity contribution in [3.8, 4) is 0 Å². The molecule has 1 aromatic heterocycles. The molecule has 1 rings (SSSR count). The third-order valence-corrected chi connectivity index (χ3v) is 2.60. The highest BCUT2D eigenvalue weighted by molar-refractivity contribution is 7.80. The lowest BCUT2D eigenvalue weighted by Crippen LogP contribution is -2.35. The molecule has 0 aliphatic rings. The Morgan fingerprint density at radius 2 is 2.33 bits per heavy atom. The van der Waals surface area contributed by atoms with Gasteiger partial charge in [-0.2, -0.15) is 0 Å². The molecular weight excluding hydrogens is 248 g/mol. The molecule has 6 heteroatoms. The second-order valence-corrected chi connectivity index (χ2v) is 4.41. The zero-order chi connectivity index (χ0) is 13.5. The van der Waals surface area contributed by atoms with Crippen LogP contribution in [0.25, 0.3) is 0 Å². The topological polar surface area (TPSA) is 71.2 Å². The lowest BCUT2D eigenvalue weighted by molar-refractivity contribution is -0.119. The summed E-state index contributed by atoms with van der Waals surface area (Å²) in [5.41, 5.74) is 6.94. The average Bonchev–Trinajstić information content (AvgIpc) is 2.36. The largest absolute Gasteiger partial charge is 0.388 e. The third-order valence-electron chi connectivity index (χ3n) is 2.39. The first-order chi connectivity index (χ1) is 8.54. The highest BCUT2D eigenvalue weighted by Gasteiger charge is 2.08. The summed E-state index contributed by atoms with van der Waals surface area (Å²) < 4.78 is 0. The monoisotopic (exact) mass is 266 g/mol. The average molecular weight is 266 g/mol. The van der Waals surface area contributed by atoms with Crippen LogP contribution in [0.15, 0.2) is 18.3 Å². The predicted molar refractivity (Wildman–Crippen MR) is 76.7 cm³/mol. The Hall–Kier alpha value is -1.69. The predicted octanol–water partition coefficient (Wildman–Crippen LogP) is 0.678. The number of nitrogens with two attached hydrogens (primary N) is 1. The molecule has 0 unspecified atom stereocenters. The quantitative estimate of drug-likeness (QED) is 0.741. The standard InChI is InChI=1S/C12H18N4OS/c1-3-5-15-11(17)8-16(2)9-4-6-14-10(7-9)12(13)18/h4,6-7H,3,5,8H2,1-2H3,(H2,13,18)(H,15,17). The van der Waals surface area contributed by atoms with E-state index < -0.39 is 0 Å². The second-order valence-electron chi connectivity index (χ2n) is 3.97. The minimum absolute atomic E-state index is 0.00645. The molecule has 0 saturated carbocycles. The molecule has 0 aliphatic heterocycles. The van der Waals surface area contributed by atoms with Crippen molar-refractivity contribution in [2.75, 3.05) is 25.0 Å². The van der Waals surface area contributed by atoms with Crippen LogP contribution in [-0.2, 0) is 4.79 Å². The van der Waals surface area contributed by atoms with E-state index in [0.717, 1.165) is 12.1 Å². The summed E-state index contributed by atoms with van der Waals surface area (Å²) in [6, 6.07) is 3.59. The van der Waals surface area contributed by atoms with Crippen LogP contribution in [0, 0.1) is 0 Å². The molecule has 0 bridgehead atoms. The van der Waals surface area contributed by atoms with Crippen molar-refractivity contribution in [3.63, 3.8) is 0 Å². The zero-order valence-electron chi connectivity index (χ0n) is 10.6. The molecule has 1 heterocycles. The van der Waals surface area contributed by atoms with Crippen molar-refractivity contribution in [2.24, 2.45) is 5.73 Å². The SMILES string of the molecule is CCCNC(=O)CN(C)c1ccnc(C(N)=S)c1. The van der Waals surface area contributed by atoms with E-state index in [1.807, 2.05) is 24.9 Å². The van der Waals surface area contributed by atoms with Crippen LogP contribution in [-0.4, -0.2) is 36.0 Å². The maximum absolute atomic E-state index is 11.6. The number of hydrogen-bond acceptors (Lipinski definition) is 4. The van der Waals surface area contributed by atoms with Crippen molar-refractivity contribution < 1.29 is 4.79 Å². The van der Waals surface area contributed by atoms with Crippen molar-refractivity contribution in [1.29, 1.82) is 0 Å². The van der Waals surface area contributed by atoms with Gasteiger partial charge in [0.25, 0.3) is 0 Å². The maximum Gasteiger partial charge on any atom is 0.239 e. The van der Waals surface area contributed by atoms with Crippen LogP contribution in [0.3, 0.4) is 0 Å². The summed E-state index contributed by atoms with van der Waals surface area (Å²) in [4.78, 5) is 17.7. The number of nitrogens with zero attached hydrogens (tertiary/aromatic N) is 2. The van der Waals surface area contributed by atoms with Crippen molar-refractivity contribution in [2.45, 2.75) is 13.3 Å². The Balaban J connectivity index is 2.66. The summed E-state index contributed by atoms with van der Waals surface area (Å²) >= 11 is 4.87. The Kier molecular flexibility index (Phi) is 5.51. The van der Waals surface area contributed by atoms with Gasteiger partial charge in [0.1, 0.15) is 4.99 Å². The molecule has 1 amide bonds. The van der Waals surface area contributed by atoms with E-state index in [1.165, 1.54) is 0 Å². The first-order valence-electron chi connectivity index (χ1n) is 5.78. The van der Waals surface area contributed by atoms with E-state index in [1.54, 1.807) is 12.3 Å². The van der Waals surface area contributed by atoms with Gasteiger partial charge in [-0.3, -0.25) is 9.78 Å². The van der Waals surface area contributed by atoms with Gasteiger partial charge >= 0.3 is 0 Å². The summed E-state index contributed by atoms with van der Waals surface area (Å²) in [5.74, 6) is -0.00645. The Labute approximate surface area is 112 Å². The number of carbonyl (C=O) groups excluding carboxylic acids is 1. The Morgan fingerprint density at radius 3 is 2.94 bits per heavy atom. The molecule has 1 aromatic rings. The minimum atomic E-state index is -0.00645. The number of pyridine rings is 1. The molecule has 98 valence electrons. The highest BCUT2D eigenvalue weighted by Crippen LogP contribution is 2.12. The Morgan fingerprint density at radius 1 is 1.61 bits per heavy atom. The van der Waals surface area contributed by atoms with Crippen LogP contribution in [0.1, 0.15) is 19.0 Å². The molecule has 0 aromatic carbocycles. The van der Waals surface area contributed by atoms with Gasteiger partial charge in [0, 0.05) is 25.5 Å². The minimum Gasteiger partial charge on any atom is -0.388 e. The number of rotatable bonds is 6. The number of nitrogens with one attached hydrogen (secondary N) is 1. The molecule has 0 saturated heterocycles. The van der Waals surface area contributed by atoms with E-state index in [-0.39, 0.29) is 10.9 Å². The highest BCUT2D eigenvalue weighted by atomic mass is 32.1. The fraction of sp³-hybridized carbons (Fsp3) is 0.417. The van der Waals surface area contributed by atoms with Gasteiger partial charge in [-0.05, 0) is 18.6 Å². The maximum atomic E-state index is 11.6. The van der Waals surface area contributed by atoms with Crippen LogP contribution in [0.4, 0.5) is 5.69 Å². The smallest absolute Gasteiger partial charge is 0.239 e. The first kappa shape index (κ1) is 14.4. The number of thiocarbonyl (C=S) groups is 1. The van der Waals surface area contributed by atoms with E-state index in [9.17, 15) is 4.79 Å². The molecule has 18 heavy (non-hydrogen) atoms. The van der Waals surface area contributed by atoms with Gasteiger partial charge in [0.05, 0.1) is 12.2 Å². The Bertz CT molecular complexity index is 436. The molecule has 0 atom stereocenters. The third kappa shape index (κ3) is 4.29. The molecule has 0 fully saturated rings. The summed E-state index contributed by atoms with van der Waals surface area (Å²) in [5, 5.41) is 2.82. The number of amides is 1. The molecular formula is C12H18N4OS. The van der Waals surface area contributed by atoms with Crippen LogP contribution in [0.5, 0.6) is 0 Å². The number of likely N-dealkylation sites (N-methyl/N-ethyl adjacent to an activating group) is 1. The summed E-state index contributed by atoms with van der Waals surface area (Å²) in [7, 11) is 1.84. The van der Waals surface area contributed by atoms with Gasteiger partial charge in [-0.15, -0.1) is 0 Å². The summed E-state index contributed by atoms with van der Waals surface area (Å²) in [6.45, 7) is 3.00. The van der Waals surface area contributed by atoms with Crippen molar-refractivity contribution in [1.82, 2.24) is 10.3 Å². The molecule has 0 spiro atoms. The fourth-order valence-electron chi connectivity index (χ4n) is 1.42. The van der Waals surface area contributed by atoms with Gasteiger partial charge in [0.2, 0.25) is 5.91 Å². The number of anilines is 1. The van der Waals surface area contributed by atoms with Crippen LogP contribution >= 0.6 is 12.2 Å². The van der Waals surface area contributed by atoms with E-state index in [4.69, 9.17) is 18.0 Å². The lowest BCUT2D eigenvalue weighted by Gasteiger charge is -2.19. The van der Waals surface area contributed by atoms with E-state index >= 15 is 0 Å². The first-order valence-corrected chi connectivity index (χ1v) is 6.19. The van der Waals surface area contributed by atoms with Crippen LogP contribution in [0.2, 0.25) is 0 Å². The normalized spacial score (nSPS) is 9.89. The number of hydrogen-bond donors (Lipinski definition) is 2. The van der Waals surface area contributed by atoms with Gasteiger partial charge in [0.15, 0.2) is 0 Å². The summed E-state index contributed by atoms with van der Waals surface area (Å²) in [6.07, 6.45) is 2.56. The molecule has 5 nitrogen and oxygen atoms in total. The zero-order valence-corrected chi connectivity index (χ0v) is 11.5. The molecule has 0 radical (unpaired) electrons. The fourth-order valence-corrected chi connectivity index (χ4v) is 1.53. The van der Waals surface area contributed by atoms with Crippen LogP contribution < -0.4 is 16.0 Å². The van der Waals surface area contributed by atoms with E-state index in [0.29, 0.717) is 18.8 Å². The number of carbonyl (C=O) groups is 1. The van der Waals surface area contributed by atoms with Crippen molar-refractivity contribution >= 4 is 28.8 Å². The second kappa shape index (κ2) is 6.90. The molecule has 0 aliphatic carbocycles. The van der Waals surface area contributed by atoms with E-state index in [2.05, 4.69) is 10.3 Å². The van der Waals surface area contributed by atoms with Crippen molar-refractivity contribution in [3.05, 3.63) is 24.0 Å². The lowest BCUT2D eigenvalue weighted by atomic mass is 10.3. The molecule has 3 N–H and O–H groups in total. The number of aromatic nitrogens is 1. The van der Waals surface area contributed by atoms with Gasteiger partial charge in [-0.1, -0.05) is 19.1 Å².